The summed E-state index contributed by atoms with van der Waals surface area (Å²) in [6, 6.07) is 8.45. The summed E-state index contributed by atoms with van der Waals surface area (Å²) < 4.78 is 0. The topological polar surface area (TPSA) is 131 Å². The van der Waals surface area contributed by atoms with Crippen LogP contribution in [0.5, 0.6) is 11.5 Å². The molecule has 2 aromatic rings. The number of amides is 1. The predicted molar refractivity (Wildman–Crippen MR) is 85.8 cm³/mol. The molecule has 3 N–H and O–H groups in total. The van der Waals surface area contributed by atoms with Crippen molar-refractivity contribution in [1.82, 2.24) is 5.32 Å². The Morgan fingerprint density at radius 3 is 2.44 bits per heavy atom. The van der Waals surface area contributed by atoms with Crippen LogP contribution < -0.4 is 5.32 Å². The number of nitrogens with one attached hydrogen (secondary N) is 1. The Balaban J connectivity index is 2.05. The predicted octanol–water partition coefficient (Wildman–Crippen LogP) is 2.01. The molecule has 2 aromatic carbocycles. The van der Waals surface area contributed by atoms with Gasteiger partial charge in [-0.05, 0) is 11.6 Å². The minimum absolute atomic E-state index is 0.0495. The van der Waals surface area contributed by atoms with Crippen LogP contribution in [0.25, 0.3) is 0 Å². The highest BCUT2D eigenvalue weighted by Gasteiger charge is 2.17. The van der Waals surface area contributed by atoms with E-state index < -0.39 is 22.3 Å². The SMILES string of the molecule is COOCc1ccc(C(=O)NCc2ccc([N+](=O)[O-])cc2)c(O)c1O. The molecule has 0 aliphatic carbocycles. The number of carbonyl (C=O) groups is 1. The number of nitro groups is 1. The molecule has 132 valence electrons. The molecule has 0 radical (unpaired) electrons. The van der Waals surface area contributed by atoms with Crippen molar-refractivity contribution in [3.63, 3.8) is 0 Å². The van der Waals surface area contributed by atoms with E-state index in [1.54, 1.807) is 0 Å². The number of nitrogens with zero attached hydrogens (tertiary/aromatic N) is 1. The van der Waals surface area contributed by atoms with Gasteiger partial charge < -0.3 is 15.5 Å². The first-order valence-electron chi connectivity index (χ1n) is 7.15. The Hall–Kier alpha value is -3.17. The molecule has 0 saturated heterocycles. The van der Waals surface area contributed by atoms with Gasteiger partial charge in [0.05, 0.1) is 17.6 Å². The van der Waals surface area contributed by atoms with Gasteiger partial charge in [0.1, 0.15) is 6.61 Å². The van der Waals surface area contributed by atoms with Crippen LogP contribution in [-0.4, -0.2) is 28.2 Å². The number of hydrogen-bond acceptors (Lipinski definition) is 7. The van der Waals surface area contributed by atoms with Gasteiger partial charge in [0, 0.05) is 24.2 Å². The first-order valence-corrected chi connectivity index (χ1v) is 7.15. The molecule has 1 amide bonds. The average Bonchev–Trinajstić information content (AvgIpc) is 2.61. The zero-order chi connectivity index (χ0) is 18.4. The molecule has 25 heavy (non-hydrogen) atoms. The lowest BCUT2D eigenvalue weighted by Crippen LogP contribution is -2.23. The number of nitro benzene ring substituents is 1. The fourth-order valence-corrected chi connectivity index (χ4v) is 2.06. The van der Waals surface area contributed by atoms with Crippen molar-refractivity contribution in [2.24, 2.45) is 0 Å². The lowest BCUT2D eigenvalue weighted by molar-refractivity contribution is -0.384. The zero-order valence-corrected chi connectivity index (χ0v) is 13.3. The van der Waals surface area contributed by atoms with E-state index >= 15 is 0 Å². The minimum atomic E-state index is -0.606. The fourth-order valence-electron chi connectivity index (χ4n) is 2.06. The highest BCUT2D eigenvalue weighted by Crippen LogP contribution is 2.33. The molecule has 0 unspecified atom stereocenters. The van der Waals surface area contributed by atoms with Crippen molar-refractivity contribution in [2.45, 2.75) is 13.2 Å². The van der Waals surface area contributed by atoms with Crippen LogP contribution >= 0.6 is 0 Å². The van der Waals surface area contributed by atoms with Crippen molar-refractivity contribution < 1.29 is 29.7 Å². The van der Waals surface area contributed by atoms with E-state index in [0.29, 0.717) is 5.56 Å². The lowest BCUT2D eigenvalue weighted by atomic mass is 10.1. The largest absolute Gasteiger partial charge is 0.504 e. The quantitative estimate of drug-likeness (QED) is 0.302. The fraction of sp³-hybridized carbons (Fsp3) is 0.188. The second kappa shape index (κ2) is 8.08. The van der Waals surface area contributed by atoms with Crippen LogP contribution in [-0.2, 0) is 22.9 Å². The summed E-state index contributed by atoms with van der Waals surface area (Å²) in [5.41, 5.74) is 0.742. The Morgan fingerprint density at radius 1 is 1.16 bits per heavy atom. The van der Waals surface area contributed by atoms with Crippen LogP contribution in [0.3, 0.4) is 0 Å². The molecular formula is C16H16N2O7. The van der Waals surface area contributed by atoms with Crippen LogP contribution in [0.1, 0.15) is 21.5 Å². The molecule has 9 nitrogen and oxygen atoms in total. The van der Waals surface area contributed by atoms with E-state index in [1.165, 1.54) is 43.5 Å². The van der Waals surface area contributed by atoms with Gasteiger partial charge in [0.15, 0.2) is 11.5 Å². The van der Waals surface area contributed by atoms with E-state index in [9.17, 15) is 25.1 Å². The standard InChI is InChI=1S/C16H16N2O7/c1-24-25-9-11-4-7-13(15(20)14(11)19)16(21)17-8-10-2-5-12(6-3-10)18(22)23/h2-7,19-20H,8-9H2,1H3,(H,17,21). The van der Waals surface area contributed by atoms with Crippen molar-refractivity contribution in [1.29, 1.82) is 0 Å². The Bertz CT molecular complexity index is 775. The number of rotatable bonds is 7. The summed E-state index contributed by atoms with van der Waals surface area (Å²) in [5.74, 6) is -1.65. The van der Waals surface area contributed by atoms with Gasteiger partial charge in [-0.25, -0.2) is 9.78 Å². The molecule has 0 saturated carbocycles. The van der Waals surface area contributed by atoms with E-state index in [1.807, 2.05) is 0 Å². The van der Waals surface area contributed by atoms with Crippen LogP contribution in [0.15, 0.2) is 36.4 Å². The maximum atomic E-state index is 12.1. The summed E-state index contributed by atoms with van der Waals surface area (Å²) in [6.07, 6.45) is 0. The number of non-ortho nitro benzene ring substituents is 1. The number of phenolic OH excluding ortho intramolecular Hbond substituents is 2. The summed E-state index contributed by atoms with van der Waals surface area (Å²) in [6.45, 7) is 0.00611. The Kier molecular flexibility index (Phi) is 5.88. The molecule has 0 aliphatic rings. The van der Waals surface area contributed by atoms with Gasteiger partial charge in [-0.15, -0.1) is 0 Å². The van der Waals surface area contributed by atoms with Gasteiger partial charge in [0.2, 0.25) is 0 Å². The van der Waals surface area contributed by atoms with E-state index in [4.69, 9.17) is 0 Å². The molecule has 0 aromatic heterocycles. The Morgan fingerprint density at radius 2 is 1.84 bits per heavy atom. The van der Waals surface area contributed by atoms with Crippen LogP contribution in [0.4, 0.5) is 5.69 Å². The highest BCUT2D eigenvalue weighted by atomic mass is 17.2. The third kappa shape index (κ3) is 4.43. The number of carbonyl (C=O) groups excluding carboxylic acids is 1. The summed E-state index contributed by atoms with van der Waals surface area (Å²) >= 11 is 0. The molecule has 0 bridgehead atoms. The molecular weight excluding hydrogens is 332 g/mol. The Labute approximate surface area is 142 Å². The van der Waals surface area contributed by atoms with Crippen molar-refractivity contribution >= 4 is 11.6 Å². The molecule has 0 aliphatic heterocycles. The smallest absolute Gasteiger partial charge is 0.269 e. The van der Waals surface area contributed by atoms with Gasteiger partial charge >= 0.3 is 0 Å². The number of phenols is 2. The monoisotopic (exact) mass is 348 g/mol. The average molecular weight is 348 g/mol. The van der Waals surface area contributed by atoms with E-state index in [-0.39, 0.29) is 30.0 Å². The van der Waals surface area contributed by atoms with Crippen molar-refractivity contribution in [3.8, 4) is 11.5 Å². The zero-order valence-electron chi connectivity index (χ0n) is 13.3. The molecule has 0 atom stereocenters. The normalized spacial score (nSPS) is 10.4. The van der Waals surface area contributed by atoms with Gasteiger partial charge in [-0.2, -0.15) is 0 Å². The number of hydrogen-bond donors (Lipinski definition) is 3. The van der Waals surface area contributed by atoms with E-state index in [0.717, 1.165) is 0 Å². The summed E-state index contributed by atoms with van der Waals surface area (Å²) in [5, 5.41) is 33.0. The van der Waals surface area contributed by atoms with Gasteiger partial charge in [-0.1, -0.05) is 18.2 Å². The second-order valence-corrected chi connectivity index (χ2v) is 5.00. The molecule has 0 spiro atoms. The molecule has 9 heteroatoms. The van der Waals surface area contributed by atoms with Crippen LogP contribution in [0, 0.1) is 10.1 Å². The second-order valence-electron chi connectivity index (χ2n) is 5.00. The highest BCUT2D eigenvalue weighted by molar-refractivity contribution is 5.97. The summed E-state index contributed by atoms with van der Waals surface area (Å²) in [4.78, 5) is 31.3. The van der Waals surface area contributed by atoms with Gasteiger partial charge in [0.25, 0.3) is 11.6 Å². The number of aromatic hydroxyl groups is 2. The van der Waals surface area contributed by atoms with E-state index in [2.05, 4.69) is 15.1 Å². The van der Waals surface area contributed by atoms with Crippen molar-refractivity contribution in [3.05, 3.63) is 63.2 Å². The first kappa shape index (κ1) is 18.2. The molecule has 0 fully saturated rings. The maximum Gasteiger partial charge on any atom is 0.269 e. The number of benzene rings is 2. The third-order valence-corrected chi connectivity index (χ3v) is 3.41. The van der Waals surface area contributed by atoms with Gasteiger partial charge in [-0.3, -0.25) is 14.9 Å². The van der Waals surface area contributed by atoms with Crippen molar-refractivity contribution in [2.75, 3.05) is 7.11 Å². The minimum Gasteiger partial charge on any atom is -0.504 e. The first-order chi connectivity index (χ1) is 11.9. The van der Waals surface area contributed by atoms with Crippen LogP contribution in [0.2, 0.25) is 0 Å². The third-order valence-electron chi connectivity index (χ3n) is 3.41. The summed E-state index contributed by atoms with van der Waals surface area (Å²) in [7, 11) is 1.30. The molecule has 2 rings (SSSR count). The lowest BCUT2D eigenvalue weighted by Gasteiger charge is -2.11. The molecule has 0 heterocycles. The maximum absolute atomic E-state index is 12.1.